The van der Waals surface area contributed by atoms with Gasteiger partial charge in [0.2, 0.25) is 0 Å². The van der Waals surface area contributed by atoms with Gasteiger partial charge in [0, 0.05) is 24.8 Å². The van der Waals surface area contributed by atoms with Crippen LogP contribution in [0.1, 0.15) is 46.5 Å². The first kappa shape index (κ1) is 17.4. The molecule has 0 unspecified atom stereocenters. The van der Waals surface area contributed by atoms with Gasteiger partial charge in [-0.2, -0.15) is 0 Å². The summed E-state index contributed by atoms with van der Waals surface area (Å²) in [4.78, 5) is 31.0. The van der Waals surface area contributed by atoms with E-state index in [4.69, 9.17) is 11.6 Å². The van der Waals surface area contributed by atoms with Crippen molar-refractivity contribution in [2.24, 2.45) is 0 Å². The molecule has 6 heteroatoms. The topological polar surface area (TPSA) is 62.3 Å². The summed E-state index contributed by atoms with van der Waals surface area (Å²) in [5, 5.41) is 3.18. The number of nitrogens with zero attached hydrogens (tertiary/aromatic N) is 2. The summed E-state index contributed by atoms with van der Waals surface area (Å²) in [5.41, 5.74) is 1.20. The number of nitrogens with one attached hydrogen (secondary N) is 1. The SMILES string of the molecule is O=C(Nc1ccccc1Cl)c1cc(C(=O)N2CCCCCC2)ccn1. The number of carbonyl (C=O) groups is 2. The molecule has 2 aromatic rings. The number of hydrogen-bond donors (Lipinski definition) is 1. The molecule has 1 aliphatic heterocycles. The summed E-state index contributed by atoms with van der Waals surface area (Å²) in [7, 11) is 0. The van der Waals surface area contributed by atoms with Gasteiger partial charge in [-0.15, -0.1) is 0 Å². The predicted octanol–water partition coefficient (Wildman–Crippen LogP) is 4.00. The Balaban J connectivity index is 1.75. The Bertz CT molecular complexity index is 771. The largest absolute Gasteiger partial charge is 0.339 e. The number of rotatable bonds is 3. The molecule has 3 rings (SSSR count). The van der Waals surface area contributed by atoms with E-state index in [2.05, 4.69) is 10.3 Å². The third kappa shape index (κ3) is 4.37. The molecule has 1 aromatic carbocycles. The first-order valence-electron chi connectivity index (χ1n) is 8.46. The number of anilines is 1. The van der Waals surface area contributed by atoms with E-state index in [1.165, 1.54) is 6.20 Å². The molecular weight excluding hydrogens is 338 g/mol. The molecule has 1 N–H and O–H groups in total. The molecule has 0 aliphatic carbocycles. The highest BCUT2D eigenvalue weighted by molar-refractivity contribution is 6.33. The van der Waals surface area contributed by atoms with Gasteiger partial charge in [0.05, 0.1) is 10.7 Å². The molecule has 1 aromatic heterocycles. The van der Waals surface area contributed by atoms with Crippen molar-refractivity contribution in [2.45, 2.75) is 25.7 Å². The maximum atomic E-state index is 12.7. The van der Waals surface area contributed by atoms with Crippen molar-refractivity contribution < 1.29 is 9.59 Å². The molecule has 0 atom stereocenters. The number of aromatic nitrogens is 1. The van der Waals surface area contributed by atoms with Crippen LogP contribution in [0.2, 0.25) is 5.02 Å². The van der Waals surface area contributed by atoms with Crippen LogP contribution < -0.4 is 5.32 Å². The second kappa shape index (κ2) is 8.12. The summed E-state index contributed by atoms with van der Waals surface area (Å²) in [6.07, 6.45) is 5.86. The Morgan fingerprint density at radius 2 is 1.76 bits per heavy atom. The Labute approximate surface area is 152 Å². The number of para-hydroxylation sites is 1. The molecule has 130 valence electrons. The van der Waals surface area contributed by atoms with Crippen LogP contribution in [-0.4, -0.2) is 34.8 Å². The predicted molar refractivity (Wildman–Crippen MR) is 98.0 cm³/mol. The number of benzene rings is 1. The van der Waals surface area contributed by atoms with E-state index in [0.717, 1.165) is 38.8 Å². The van der Waals surface area contributed by atoms with Crippen molar-refractivity contribution in [3.8, 4) is 0 Å². The minimum absolute atomic E-state index is 0.0453. The van der Waals surface area contributed by atoms with Crippen LogP contribution >= 0.6 is 11.6 Å². The summed E-state index contributed by atoms with van der Waals surface area (Å²) in [6.45, 7) is 1.53. The highest BCUT2D eigenvalue weighted by Crippen LogP contribution is 2.21. The van der Waals surface area contributed by atoms with Gasteiger partial charge in [-0.05, 0) is 37.1 Å². The van der Waals surface area contributed by atoms with Crippen LogP contribution in [0.3, 0.4) is 0 Å². The van der Waals surface area contributed by atoms with Gasteiger partial charge in [0.1, 0.15) is 5.69 Å². The number of pyridine rings is 1. The second-order valence-electron chi connectivity index (χ2n) is 6.07. The van der Waals surface area contributed by atoms with Crippen molar-refractivity contribution in [3.63, 3.8) is 0 Å². The van der Waals surface area contributed by atoms with Gasteiger partial charge in [0.15, 0.2) is 0 Å². The molecule has 0 bridgehead atoms. The minimum Gasteiger partial charge on any atom is -0.339 e. The summed E-state index contributed by atoms with van der Waals surface area (Å²) < 4.78 is 0. The summed E-state index contributed by atoms with van der Waals surface area (Å²) in [6, 6.07) is 10.2. The lowest BCUT2D eigenvalue weighted by Crippen LogP contribution is -2.32. The fourth-order valence-corrected chi connectivity index (χ4v) is 3.08. The number of halogens is 1. The van der Waals surface area contributed by atoms with E-state index in [-0.39, 0.29) is 11.6 Å². The van der Waals surface area contributed by atoms with Gasteiger partial charge in [-0.25, -0.2) is 0 Å². The van der Waals surface area contributed by atoms with Crippen LogP contribution in [0.25, 0.3) is 0 Å². The quantitative estimate of drug-likeness (QED) is 0.902. The van der Waals surface area contributed by atoms with E-state index in [1.807, 2.05) is 4.90 Å². The van der Waals surface area contributed by atoms with Crippen LogP contribution in [0.4, 0.5) is 5.69 Å². The van der Waals surface area contributed by atoms with Gasteiger partial charge in [-0.3, -0.25) is 14.6 Å². The van der Waals surface area contributed by atoms with Crippen LogP contribution in [0.15, 0.2) is 42.6 Å². The normalized spacial score (nSPS) is 14.7. The molecule has 1 fully saturated rings. The van der Waals surface area contributed by atoms with Crippen LogP contribution in [0.5, 0.6) is 0 Å². The average Bonchev–Trinajstić information content (AvgIpc) is 2.92. The summed E-state index contributed by atoms with van der Waals surface area (Å²) >= 11 is 6.06. The van der Waals surface area contributed by atoms with E-state index in [0.29, 0.717) is 16.3 Å². The van der Waals surface area contributed by atoms with Crippen molar-refractivity contribution in [1.82, 2.24) is 9.88 Å². The molecule has 2 amide bonds. The van der Waals surface area contributed by atoms with Gasteiger partial charge >= 0.3 is 0 Å². The first-order valence-corrected chi connectivity index (χ1v) is 8.84. The molecule has 0 saturated carbocycles. The Morgan fingerprint density at radius 1 is 1.04 bits per heavy atom. The Hall–Kier alpha value is -2.40. The van der Waals surface area contributed by atoms with Gasteiger partial charge in [-0.1, -0.05) is 36.6 Å². The van der Waals surface area contributed by atoms with Gasteiger partial charge < -0.3 is 10.2 Å². The maximum absolute atomic E-state index is 12.7. The maximum Gasteiger partial charge on any atom is 0.274 e. The third-order valence-corrected chi connectivity index (χ3v) is 4.58. The number of amides is 2. The highest BCUT2D eigenvalue weighted by Gasteiger charge is 2.19. The van der Waals surface area contributed by atoms with Gasteiger partial charge in [0.25, 0.3) is 11.8 Å². The van der Waals surface area contributed by atoms with Crippen molar-refractivity contribution in [3.05, 3.63) is 58.9 Å². The molecule has 25 heavy (non-hydrogen) atoms. The van der Waals surface area contributed by atoms with Crippen molar-refractivity contribution in [1.29, 1.82) is 0 Å². The highest BCUT2D eigenvalue weighted by atomic mass is 35.5. The van der Waals surface area contributed by atoms with E-state index >= 15 is 0 Å². The van der Waals surface area contributed by atoms with Crippen LogP contribution in [0, 0.1) is 0 Å². The van der Waals surface area contributed by atoms with E-state index in [1.54, 1.807) is 36.4 Å². The second-order valence-corrected chi connectivity index (χ2v) is 6.48. The average molecular weight is 358 g/mol. The number of hydrogen-bond acceptors (Lipinski definition) is 3. The molecule has 2 heterocycles. The zero-order valence-electron chi connectivity index (χ0n) is 13.9. The zero-order chi connectivity index (χ0) is 17.6. The molecule has 1 aliphatic rings. The molecule has 0 spiro atoms. The van der Waals surface area contributed by atoms with Crippen molar-refractivity contribution in [2.75, 3.05) is 18.4 Å². The van der Waals surface area contributed by atoms with E-state index < -0.39 is 5.91 Å². The van der Waals surface area contributed by atoms with Crippen LogP contribution in [-0.2, 0) is 0 Å². The standard InChI is InChI=1S/C19H20ClN3O2/c20-15-7-3-4-8-16(15)22-18(24)17-13-14(9-10-21-17)19(25)23-11-5-1-2-6-12-23/h3-4,7-10,13H,1-2,5-6,11-12H2,(H,22,24). The van der Waals surface area contributed by atoms with Crippen molar-refractivity contribution >= 4 is 29.1 Å². The third-order valence-electron chi connectivity index (χ3n) is 4.25. The monoisotopic (exact) mass is 357 g/mol. The fourth-order valence-electron chi connectivity index (χ4n) is 2.89. The Kier molecular flexibility index (Phi) is 5.66. The lowest BCUT2D eigenvalue weighted by molar-refractivity contribution is 0.0761. The number of likely N-dealkylation sites (tertiary alicyclic amines) is 1. The summed E-state index contributed by atoms with van der Waals surface area (Å²) in [5.74, 6) is -0.435. The molecular formula is C19H20ClN3O2. The smallest absolute Gasteiger partial charge is 0.274 e. The molecule has 5 nitrogen and oxygen atoms in total. The molecule has 0 radical (unpaired) electrons. The number of carbonyl (C=O) groups excluding carboxylic acids is 2. The minimum atomic E-state index is -0.390. The zero-order valence-corrected chi connectivity index (χ0v) is 14.6. The fraction of sp³-hybridized carbons (Fsp3) is 0.316. The Morgan fingerprint density at radius 3 is 2.48 bits per heavy atom. The lowest BCUT2D eigenvalue weighted by Gasteiger charge is -2.20. The molecule has 1 saturated heterocycles. The lowest BCUT2D eigenvalue weighted by atomic mass is 10.2. The van der Waals surface area contributed by atoms with E-state index in [9.17, 15) is 9.59 Å². The first-order chi connectivity index (χ1) is 12.1.